The van der Waals surface area contributed by atoms with Crippen molar-refractivity contribution in [2.24, 2.45) is 0 Å². The Labute approximate surface area is 134 Å². The Kier molecular flexibility index (Phi) is 3.33. The molecular weight excluding hydrogens is 288 g/mol. The van der Waals surface area contributed by atoms with E-state index in [0.29, 0.717) is 5.56 Å². The van der Waals surface area contributed by atoms with E-state index in [-0.39, 0.29) is 11.9 Å². The first-order chi connectivity index (χ1) is 11.2. The van der Waals surface area contributed by atoms with Crippen molar-refractivity contribution in [2.75, 3.05) is 0 Å². The van der Waals surface area contributed by atoms with Crippen LogP contribution in [-0.2, 0) is 13.0 Å². The number of hydrogen-bond acceptors (Lipinski definition) is 3. The van der Waals surface area contributed by atoms with Gasteiger partial charge in [0.05, 0.1) is 11.1 Å². The molecule has 0 saturated carbocycles. The lowest BCUT2D eigenvalue weighted by Crippen LogP contribution is -2.41. The summed E-state index contributed by atoms with van der Waals surface area (Å²) in [6, 6.07) is 9.77. The molecule has 0 radical (unpaired) electrons. The highest BCUT2D eigenvalue weighted by atomic mass is 16.1. The van der Waals surface area contributed by atoms with E-state index in [1.54, 1.807) is 0 Å². The molecule has 1 aliphatic rings. The first kappa shape index (κ1) is 13.9. The van der Waals surface area contributed by atoms with E-state index in [2.05, 4.69) is 19.9 Å². The molecule has 0 spiro atoms. The molecule has 5 nitrogen and oxygen atoms in total. The van der Waals surface area contributed by atoms with Crippen molar-refractivity contribution in [2.45, 2.75) is 32.4 Å². The third-order valence-corrected chi connectivity index (χ3v) is 4.36. The third kappa shape index (κ3) is 2.59. The molecule has 116 valence electrons. The predicted molar refractivity (Wildman–Crippen MR) is 88.3 cm³/mol. The summed E-state index contributed by atoms with van der Waals surface area (Å²) in [5, 5.41) is 4.07. The topological polar surface area (TPSA) is 59.8 Å². The fraction of sp³-hybridized carbons (Fsp3) is 0.278. The van der Waals surface area contributed by atoms with Gasteiger partial charge in [-0.2, -0.15) is 0 Å². The Morgan fingerprint density at radius 3 is 3.13 bits per heavy atom. The van der Waals surface area contributed by atoms with Crippen molar-refractivity contribution >= 4 is 16.8 Å². The summed E-state index contributed by atoms with van der Waals surface area (Å²) in [4.78, 5) is 21.6. The van der Waals surface area contributed by atoms with Gasteiger partial charge in [-0.25, -0.2) is 4.98 Å². The Bertz CT molecular complexity index is 884. The predicted octanol–water partition coefficient (Wildman–Crippen LogP) is 2.48. The van der Waals surface area contributed by atoms with Gasteiger partial charge in [0.15, 0.2) is 0 Å². The van der Waals surface area contributed by atoms with E-state index in [1.807, 2.05) is 49.6 Å². The van der Waals surface area contributed by atoms with E-state index < -0.39 is 0 Å². The minimum Gasteiger partial charge on any atom is -0.347 e. The van der Waals surface area contributed by atoms with Crippen LogP contribution in [0, 0.1) is 6.92 Å². The zero-order valence-electron chi connectivity index (χ0n) is 13.0. The molecule has 3 heterocycles. The molecule has 1 aromatic carbocycles. The largest absolute Gasteiger partial charge is 0.347 e. The number of hydrogen-bond donors (Lipinski definition) is 1. The minimum absolute atomic E-state index is 0.0275. The maximum Gasteiger partial charge on any atom is 0.252 e. The van der Waals surface area contributed by atoms with Gasteiger partial charge in [0.2, 0.25) is 0 Å². The van der Waals surface area contributed by atoms with Crippen molar-refractivity contribution in [1.29, 1.82) is 0 Å². The number of fused-ring (bicyclic) bond motifs is 2. The normalized spacial score (nSPS) is 17.0. The highest BCUT2D eigenvalue weighted by Gasteiger charge is 2.21. The average molecular weight is 306 g/mol. The number of imidazole rings is 1. The first-order valence-electron chi connectivity index (χ1n) is 7.88. The van der Waals surface area contributed by atoms with Crippen LogP contribution in [0.4, 0.5) is 0 Å². The summed E-state index contributed by atoms with van der Waals surface area (Å²) >= 11 is 0. The Morgan fingerprint density at radius 2 is 2.22 bits per heavy atom. The average Bonchev–Trinajstić information content (AvgIpc) is 3.01. The van der Waals surface area contributed by atoms with Crippen LogP contribution in [0.25, 0.3) is 10.9 Å². The first-order valence-corrected chi connectivity index (χ1v) is 7.88. The Balaban J connectivity index is 1.61. The van der Waals surface area contributed by atoms with Gasteiger partial charge < -0.3 is 9.88 Å². The van der Waals surface area contributed by atoms with Crippen molar-refractivity contribution in [3.8, 4) is 0 Å². The number of carbonyl (C=O) groups excluding carboxylic acids is 1. The minimum atomic E-state index is -0.0275. The number of pyridine rings is 1. The number of rotatable bonds is 2. The van der Waals surface area contributed by atoms with Crippen LogP contribution in [0.3, 0.4) is 0 Å². The number of aromatic nitrogens is 3. The van der Waals surface area contributed by atoms with Crippen molar-refractivity contribution in [3.05, 3.63) is 59.8 Å². The standard InChI is InChI=1S/C18H18N4O/c1-12-10-15(14-4-2-3-5-16(14)20-12)18(23)21-13-6-7-17-19-8-9-22(17)11-13/h2-5,8-10,13H,6-7,11H2,1H3,(H,21,23)/t13-/m1/s1. The zero-order chi connectivity index (χ0) is 15.8. The smallest absolute Gasteiger partial charge is 0.252 e. The van der Waals surface area contributed by atoms with Gasteiger partial charge in [0.25, 0.3) is 5.91 Å². The van der Waals surface area contributed by atoms with E-state index in [4.69, 9.17) is 0 Å². The van der Waals surface area contributed by atoms with Crippen LogP contribution < -0.4 is 5.32 Å². The molecule has 1 N–H and O–H groups in total. The molecule has 1 amide bonds. The van der Waals surface area contributed by atoms with Crippen LogP contribution in [0.5, 0.6) is 0 Å². The van der Waals surface area contributed by atoms with E-state index in [1.165, 1.54) is 0 Å². The molecule has 0 fully saturated rings. The summed E-state index contributed by atoms with van der Waals surface area (Å²) in [7, 11) is 0. The second-order valence-electron chi connectivity index (χ2n) is 6.03. The van der Waals surface area contributed by atoms with Crippen LogP contribution in [0.15, 0.2) is 42.7 Å². The van der Waals surface area contributed by atoms with Crippen molar-refractivity contribution in [3.63, 3.8) is 0 Å². The maximum atomic E-state index is 12.8. The van der Waals surface area contributed by atoms with Gasteiger partial charge in [-0.15, -0.1) is 0 Å². The summed E-state index contributed by atoms with van der Waals surface area (Å²) in [6.07, 6.45) is 5.61. The summed E-state index contributed by atoms with van der Waals surface area (Å²) < 4.78 is 2.12. The summed E-state index contributed by atoms with van der Waals surface area (Å²) in [5.74, 6) is 1.07. The number of aryl methyl sites for hydroxylation is 2. The number of nitrogens with zero attached hydrogens (tertiary/aromatic N) is 3. The van der Waals surface area contributed by atoms with E-state index in [0.717, 1.165) is 41.8 Å². The van der Waals surface area contributed by atoms with Crippen molar-refractivity contribution in [1.82, 2.24) is 19.9 Å². The monoisotopic (exact) mass is 306 g/mol. The number of nitrogens with one attached hydrogen (secondary N) is 1. The lowest BCUT2D eigenvalue weighted by molar-refractivity contribution is 0.0929. The SMILES string of the molecule is Cc1cc(C(=O)N[C@@H]2CCc3nccn3C2)c2ccccc2n1. The van der Waals surface area contributed by atoms with Gasteiger partial charge >= 0.3 is 0 Å². The lowest BCUT2D eigenvalue weighted by atomic mass is 10.0. The van der Waals surface area contributed by atoms with Gasteiger partial charge in [-0.1, -0.05) is 18.2 Å². The van der Waals surface area contributed by atoms with Crippen LogP contribution >= 0.6 is 0 Å². The highest BCUT2D eigenvalue weighted by Crippen LogP contribution is 2.19. The molecule has 2 aromatic heterocycles. The number of amides is 1. The van der Waals surface area contributed by atoms with Crippen LogP contribution in [0.2, 0.25) is 0 Å². The molecule has 1 aliphatic heterocycles. The molecule has 0 bridgehead atoms. The zero-order valence-corrected chi connectivity index (χ0v) is 13.0. The fourth-order valence-electron chi connectivity index (χ4n) is 3.24. The van der Waals surface area contributed by atoms with Crippen LogP contribution in [0.1, 0.15) is 28.3 Å². The van der Waals surface area contributed by atoms with Gasteiger partial charge in [-0.05, 0) is 25.5 Å². The van der Waals surface area contributed by atoms with Crippen molar-refractivity contribution < 1.29 is 4.79 Å². The number of carbonyl (C=O) groups is 1. The molecule has 3 aromatic rings. The fourth-order valence-corrected chi connectivity index (χ4v) is 3.24. The second-order valence-corrected chi connectivity index (χ2v) is 6.03. The lowest BCUT2D eigenvalue weighted by Gasteiger charge is -2.25. The third-order valence-electron chi connectivity index (χ3n) is 4.36. The number of benzene rings is 1. The second kappa shape index (κ2) is 5.50. The molecule has 5 heteroatoms. The van der Waals surface area contributed by atoms with Gasteiger partial charge in [0, 0.05) is 42.5 Å². The highest BCUT2D eigenvalue weighted by molar-refractivity contribution is 6.06. The number of para-hydroxylation sites is 1. The molecule has 0 aliphatic carbocycles. The molecule has 1 atom stereocenters. The summed E-state index contributed by atoms with van der Waals surface area (Å²) in [5.41, 5.74) is 2.41. The van der Waals surface area contributed by atoms with Gasteiger partial charge in [-0.3, -0.25) is 9.78 Å². The van der Waals surface area contributed by atoms with E-state index in [9.17, 15) is 4.79 Å². The quantitative estimate of drug-likeness (QED) is 0.791. The maximum absolute atomic E-state index is 12.8. The van der Waals surface area contributed by atoms with Crippen LogP contribution in [-0.4, -0.2) is 26.5 Å². The Hall–Kier alpha value is -2.69. The molecular formula is C18H18N4O. The molecule has 0 saturated heterocycles. The Morgan fingerprint density at radius 1 is 1.35 bits per heavy atom. The molecule has 23 heavy (non-hydrogen) atoms. The molecule has 0 unspecified atom stereocenters. The van der Waals surface area contributed by atoms with Gasteiger partial charge in [0.1, 0.15) is 5.82 Å². The van der Waals surface area contributed by atoms with E-state index >= 15 is 0 Å². The summed E-state index contributed by atoms with van der Waals surface area (Å²) in [6.45, 7) is 2.70. The molecule has 4 rings (SSSR count).